The minimum absolute atomic E-state index is 0.147. The van der Waals surface area contributed by atoms with Gasteiger partial charge < -0.3 is 24.4 Å². The number of carbonyl (C=O) groups excluding carboxylic acids is 1. The summed E-state index contributed by atoms with van der Waals surface area (Å²) in [5.41, 5.74) is 2.73. The van der Waals surface area contributed by atoms with Gasteiger partial charge in [0, 0.05) is 29.2 Å². The SMILES string of the molecule is CCN(CC(=O)Nc1ccc2c(c1)OCCO2)c1ncnc2scc(-c3ccc(OC)cc3)c12. The first-order valence-corrected chi connectivity index (χ1v) is 11.8. The lowest BCUT2D eigenvalue weighted by atomic mass is 10.1. The molecule has 4 aromatic rings. The van der Waals surface area contributed by atoms with Crippen molar-refractivity contribution in [1.82, 2.24) is 9.97 Å². The van der Waals surface area contributed by atoms with Crippen LogP contribution in [0.5, 0.6) is 17.2 Å². The number of thiophene rings is 1. The highest BCUT2D eigenvalue weighted by atomic mass is 32.1. The molecule has 34 heavy (non-hydrogen) atoms. The smallest absolute Gasteiger partial charge is 0.243 e. The Labute approximate surface area is 201 Å². The lowest BCUT2D eigenvalue weighted by molar-refractivity contribution is -0.115. The first-order chi connectivity index (χ1) is 16.7. The molecule has 1 N–H and O–H groups in total. The van der Waals surface area contributed by atoms with Gasteiger partial charge in [0.1, 0.15) is 35.9 Å². The van der Waals surface area contributed by atoms with E-state index in [0.29, 0.717) is 36.9 Å². The lowest BCUT2D eigenvalue weighted by Gasteiger charge is -2.23. The summed E-state index contributed by atoms with van der Waals surface area (Å²) in [6.45, 7) is 3.78. The van der Waals surface area contributed by atoms with Crippen LogP contribution in [-0.2, 0) is 4.79 Å². The van der Waals surface area contributed by atoms with Gasteiger partial charge in [-0.2, -0.15) is 0 Å². The van der Waals surface area contributed by atoms with Gasteiger partial charge in [-0.3, -0.25) is 4.79 Å². The second-order valence-electron chi connectivity index (χ2n) is 7.68. The van der Waals surface area contributed by atoms with Crippen molar-refractivity contribution in [3.8, 4) is 28.4 Å². The second kappa shape index (κ2) is 9.56. The maximum absolute atomic E-state index is 12.9. The molecule has 0 saturated carbocycles. The Balaban J connectivity index is 1.40. The predicted molar refractivity (Wildman–Crippen MR) is 133 cm³/mol. The summed E-state index contributed by atoms with van der Waals surface area (Å²) in [7, 11) is 1.65. The normalized spacial score (nSPS) is 12.4. The van der Waals surface area contributed by atoms with Crippen LogP contribution in [-0.4, -0.2) is 49.3 Å². The number of methoxy groups -OCH3 is 1. The number of aromatic nitrogens is 2. The summed E-state index contributed by atoms with van der Waals surface area (Å²) in [4.78, 5) is 24.8. The van der Waals surface area contributed by atoms with Crippen LogP contribution in [0, 0.1) is 0 Å². The molecule has 1 aliphatic rings. The van der Waals surface area contributed by atoms with Gasteiger partial charge in [0.25, 0.3) is 0 Å². The van der Waals surface area contributed by atoms with Gasteiger partial charge in [-0.1, -0.05) is 12.1 Å². The van der Waals surface area contributed by atoms with E-state index in [1.165, 1.54) is 0 Å². The number of nitrogens with one attached hydrogen (secondary N) is 1. The van der Waals surface area contributed by atoms with Crippen molar-refractivity contribution in [3.05, 3.63) is 54.2 Å². The molecule has 2 aromatic heterocycles. The minimum Gasteiger partial charge on any atom is -0.497 e. The molecule has 0 unspecified atom stereocenters. The third kappa shape index (κ3) is 4.34. The largest absolute Gasteiger partial charge is 0.497 e. The molecule has 1 amide bonds. The summed E-state index contributed by atoms with van der Waals surface area (Å²) < 4.78 is 16.5. The van der Waals surface area contributed by atoms with E-state index >= 15 is 0 Å². The third-order valence-corrected chi connectivity index (χ3v) is 6.48. The quantitative estimate of drug-likeness (QED) is 0.417. The maximum Gasteiger partial charge on any atom is 0.243 e. The minimum atomic E-state index is -0.147. The Morgan fingerprint density at radius 3 is 2.68 bits per heavy atom. The molecule has 8 nitrogen and oxygen atoms in total. The number of ether oxygens (including phenoxy) is 3. The monoisotopic (exact) mass is 476 g/mol. The third-order valence-electron chi connectivity index (χ3n) is 5.59. The number of likely N-dealkylation sites (N-methyl/N-ethyl adjacent to an activating group) is 1. The Bertz CT molecular complexity index is 1320. The Morgan fingerprint density at radius 2 is 1.91 bits per heavy atom. The van der Waals surface area contributed by atoms with E-state index in [1.807, 2.05) is 48.2 Å². The van der Waals surface area contributed by atoms with E-state index in [9.17, 15) is 4.79 Å². The summed E-state index contributed by atoms with van der Waals surface area (Å²) in [5, 5.41) is 5.97. The number of carbonyl (C=O) groups is 1. The van der Waals surface area contributed by atoms with Crippen LogP contribution in [0.4, 0.5) is 11.5 Å². The standard InChI is InChI=1S/C25H24N4O4S/c1-3-29(13-22(30)28-17-6-9-20-21(12-17)33-11-10-32-20)24-23-19(14-34-25(23)27-15-26-24)16-4-7-18(31-2)8-5-16/h4-9,12,14-15H,3,10-11,13H2,1-2H3,(H,28,30). The van der Waals surface area contributed by atoms with Crippen molar-refractivity contribution < 1.29 is 19.0 Å². The summed E-state index contributed by atoms with van der Waals surface area (Å²) >= 11 is 1.56. The van der Waals surface area contributed by atoms with Gasteiger partial charge in [0.15, 0.2) is 11.5 Å². The van der Waals surface area contributed by atoms with Gasteiger partial charge in [0.05, 0.1) is 19.0 Å². The molecular weight excluding hydrogens is 452 g/mol. The number of hydrogen-bond acceptors (Lipinski definition) is 8. The van der Waals surface area contributed by atoms with Crippen LogP contribution in [0.15, 0.2) is 54.2 Å². The van der Waals surface area contributed by atoms with Crippen LogP contribution < -0.4 is 24.4 Å². The fourth-order valence-corrected chi connectivity index (χ4v) is 4.82. The van der Waals surface area contributed by atoms with Gasteiger partial charge in [-0.25, -0.2) is 9.97 Å². The second-order valence-corrected chi connectivity index (χ2v) is 8.53. The fraction of sp³-hybridized carbons (Fsp3) is 0.240. The zero-order chi connectivity index (χ0) is 23.5. The average Bonchev–Trinajstić information content (AvgIpc) is 3.32. The van der Waals surface area contributed by atoms with Crippen LogP contribution in [0.1, 0.15) is 6.92 Å². The molecule has 1 aliphatic heterocycles. The van der Waals surface area contributed by atoms with E-state index < -0.39 is 0 Å². The van der Waals surface area contributed by atoms with Crippen LogP contribution in [0.25, 0.3) is 21.3 Å². The van der Waals surface area contributed by atoms with Crippen molar-refractivity contribution in [2.75, 3.05) is 43.6 Å². The Kier molecular flexibility index (Phi) is 6.18. The zero-order valence-corrected chi connectivity index (χ0v) is 19.7. The molecule has 0 atom stereocenters. The van der Waals surface area contributed by atoms with Crippen molar-refractivity contribution in [3.63, 3.8) is 0 Å². The van der Waals surface area contributed by atoms with Crippen molar-refractivity contribution in [2.45, 2.75) is 6.92 Å². The average molecular weight is 477 g/mol. The number of benzene rings is 2. The first kappa shape index (κ1) is 22.0. The maximum atomic E-state index is 12.9. The molecule has 0 aliphatic carbocycles. The number of nitrogens with zero attached hydrogens (tertiary/aromatic N) is 3. The Hall–Kier alpha value is -3.85. The van der Waals surface area contributed by atoms with E-state index in [4.69, 9.17) is 14.2 Å². The zero-order valence-electron chi connectivity index (χ0n) is 18.9. The van der Waals surface area contributed by atoms with Crippen molar-refractivity contribution in [2.24, 2.45) is 0 Å². The van der Waals surface area contributed by atoms with Gasteiger partial charge >= 0.3 is 0 Å². The highest BCUT2D eigenvalue weighted by Crippen LogP contribution is 2.38. The van der Waals surface area contributed by atoms with Gasteiger partial charge in [-0.05, 0) is 36.8 Å². The molecule has 5 rings (SSSR count). The highest BCUT2D eigenvalue weighted by molar-refractivity contribution is 7.17. The molecule has 2 aromatic carbocycles. The van der Waals surface area contributed by atoms with E-state index in [-0.39, 0.29) is 12.5 Å². The van der Waals surface area contributed by atoms with E-state index in [2.05, 4.69) is 20.7 Å². The van der Waals surface area contributed by atoms with Gasteiger partial charge in [0.2, 0.25) is 5.91 Å². The summed E-state index contributed by atoms with van der Waals surface area (Å²) in [6, 6.07) is 13.3. The highest BCUT2D eigenvalue weighted by Gasteiger charge is 2.20. The molecule has 174 valence electrons. The van der Waals surface area contributed by atoms with E-state index in [0.717, 1.165) is 32.9 Å². The van der Waals surface area contributed by atoms with Crippen LogP contribution in [0.2, 0.25) is 0 Å². The van der Waals surface area contributed by atoms with Crippen molar-refractivity contribution in [1.29, 1.82) is 0 Å². The molecule has 0 fully saturated rings. The van der Waals surface area contributed by atoms with E-state index in [1.54, 1.807) is 30.8 Å². The summed E-state index contributed by atoms with van der Waals surface area (Å²) in [6.07, 6.45) is 1.55. The molecule has 0 radical (unpaired) electrons. The van der Waals surface area contributed by atoms with Crippen molar-refractivity contribution >= 4 is 39.0 Å². The molecule has 0 saturated heterocycles. The number of amides is 1. The predicted octanol–water partition coefficient (Wildman–Crippen LogP) is 4.60. The number of rotatable bonds is 7. The lowest BCUT2D eigenvalue weighted by Crippen LogP contribution is -2.34. The first-order valence-electron chi connectivity index (χ1n) is 11.0. The number of anilines is 2. The molecule has 9 heteroatoms. The molecule has 0 spiro atoms. The van der Waals surface area contributed by atoms with Crippen LogP contribution in [0.3, 0.4) is 0 Å². The van der Waals surface area contributed by atoms with Crippen LogP contribution >= 0.6 is 11.3 Å². The summed E-state index contributed by atoms with van der Waals surface area (Å²) in [5.74, 6) is 2.71. The molecule has 0 bridgehead atoms. The number of fused-ring (bicyclic) bond motifs is 2. The topological polar surface area (TPSA) is 85.8 Å². The fourth-order valence-electron chi connectivity index (χ4n) is 3.91. The molecule has 3 heterocycles. The number of hydrogen-bond donors (Lipinski definition) is 1. The van der Waals surface area contributed by atoms with Gasteiger partial charge in [-0.15, -0.1) is 11.3 Å². The molecular formula is C25H24N4O4S. The Morgan fingerprint density at radius 1 is 1.12 bits per heavy atom.